The van der Waals surface area contributed by atoms with E-state index in [4.69, 9.17) is 4.74 Å². The maximum atomic E-state index is 13.6. The number of ether oxygens (including phenoxy) is 1. The number of amides is 1. The highest BCUT2D eigenvalue weighted by Crippen LogP contribution is 2.17. The van der Waals surface area contributed by atoms with Gasteiger partial charge in [-0.1, -0.05) is 31.5 Å². The third-order valence-corrected chi connectivity index (χ3v) is 3.91. The van der Waals surface area contributed by atoms with Crippen molar-refractivity contribution in [1.82, 2.24) is 10.6 Å². The third-order valence-electron chi connectivity index (χ3n) is 3.91. The van der Waals surface area contributed by atoms with Crippen molar-refractivity contribution in [2.45, 2.75) is 32.9 Å². The second-order valence-corrected chi connectivity index (χ2v) is 5.88. The second kappa shape index (κ2) is 9.79. The predicted molar refractivity (Wildman–Crippen MR) is 97.2 cm³/mol. The zero-order valence-electron chi connectivity index (χ0n) is 14.8. The number of methoxy groups -OCH3 is 1. The lowest BCUT2D eigenvalue weighted by atomic mass is 10.1. The van der Waals surface area contributed by atoms with Gasteiger partial charge in [-0.2, -0.15) is 0 Å². The highest BCUT2D eigenvalue weighted by Gasteiger charge is 2.05. The Labute approximate surface area is 148 Å². The summed E-state index contributed by atoms with van der Waals surface area (Å²) < 4.78 is 18.5. The first-order valence-electron chi connectivity index (χ1n) is 8.54. The van der Waals surface area contributed by atoms with Crippen LogP contribution < -0.4 is 15.4 Å². The van der Waals surface area contributed by atoms with Gasteiger partial charge in [0.25, 0.3) is 5.91 Å². The van der Waals surface area contributed by atoms with Gasteiger partial charge in [-0.15, -0.1) is 0 Å². The van der Waals surface area contributed by atoms with Gasteiger partial charge in [0.05, 0.1) is 7.11 Å². The summed E-state index contributed by atoms with van der Waals surface area (Å²) in [5.41, 5.74) is 2.58. The van der Waals surface area contributed by atoms with E-state index in [0.717, 1.165) is 24.0 Å². The molecular formula is C20H25FN2O2. The number of rotatable bonds is 9. The van der Waals surface area contributed by atoms with Crippen molar-refractivity contribution in [3.05, 3.63) is 65.0 Å². The first-order valence-corrected chi connectivity index (χ1v) is 8.54. The van der Waals surface area contributed by atoms with E-state index in [1.165, 1.54) is 13.2 Å². The van der Waals surface area contributed by atoms with Crippen molar-refractivity contribution in [1.29, 1.82) is 0 Å². The van der Waals surface area contributed by atoms with Gasteiger partial charge in [0, 0.05) is 25.2 Å². The summed E-state index contributed by atoms with van der Waals surface area (Å²) in [6.07, 6.45) is 2.04. The van der Waals surface area contributed by atoms with Crippen LogP contribution in [-0.4, -0.2) is 19.6 Å². The van der Waals surface area contributed by atoms with Gasteiger partial charge < -0.3 is 15.4 Å². The zero-order chi connectivity index (χ0) is 18.1. The van der Waals surface area contributed by atoms with E-state index in [-0.39, 0.29) is 17.5 Å². The standard InChI is InChI=1S/C20H25FN2O2/c1-3-4-11-23-20(24)17-8-5-15(6-9-17)13-22-14-16-7-10-19(25-2)18(21)12-16/h5-10,12,22H,3-4,11,13-14H2,1-2H3,(H,23,24). The fourth-order valence-corrected chi connectivity index (χ4v) is 2.43. The number of benzene rings is 2. The lowest BCUT2D eigenvalue weighted by Crippen LogP contribution is -2.24. The zero-order valence-corrected chi connectivity index (χ0v) is 14.8. The Kier molecular flexibility index (Phi) is 7.41. The molecule has 2 aromatic rings. The molecular weight excluding hydrogens is 319 g/mol. The number of carbonyl (C=O) groups excluding carboxylic acids is 1. The predicted octanol–water partition coefficient (Wildman–Crippen LogP) is 3.65. The van der Waals surface area contributed by atoms with E-state index in [9.17, 15) is 9.18 Å². The molecule has 0 saturated carbocycles. The van der Waals surface area contributed by atoms with Crippen LogP contribution in [0.5, 0.6) is 5.75 Å². The molecule has 0 unspecified atom stereocenters. The normalized spacial score (nSPS) is 10.5. The van der Waals surface area contributed by atoms with Crippen molar-refractivity contribution in [3.63, 3.8) is 0 Å². The Balaban J connectivity index is 1.81. The van der Waals surface area contributed by atoms with E-state index in [0.29, 0.717) is 25.2 Å². The summed E-state index contributed by atoms with van der Waals surface area (Å²) >= 11 is 0. The fraction of sp³-hybridized carbons (Fsp3) is 0.350. The van der Waals surface area contributed by atoms with Crippen molar-refractivity contribution in [3.8, 4) is 5.75 Å². The van der Waals surface area contributed by atoms with Gasteiger partial charge in [0.2, 0.25) is 0 Å². The van der Waals surface area contributed by atoms with E-state index in [2.05, 4.69) is 17.6 Å². The van der Waals surface area contributed by atoms with Crippen LogP contribution >= 0.6 is 0 Å². The molecule has 0 spiro atoms. The molecule has 0 aliphatic carbocycles. The molecule has 0 aliphatic rings. The van der Waals surface area contributed by atoms with Crippen LogP contribution in [0.25, 0.3) is 0 Å². The van der Waals surface area contributed by atoms with Gasteiger partial charge in [-0.3, -0.25) is 4.79 Å². The molecule has 1 amide bonds. The van der Waals surface area contributed by atoms with E-state index in [1.54, 1.807) is 6.07 Å². The first-order chi connectivity index (χ1) is 12.1. The molecule has 134 valence electrons. The third kappa shape index (κ3) is 5.87. The molecule has 2 N–H and O–H groups in total. The number of hydrogen-bond acceptors (Lipinski definition) is 3. The van der Waals surface area contributed by atoms with Gasteiger partial charge in [0.1, 0.15) is 0 Å². The minimum Gasteiger partial charge on any atom is -0.494 e. The average Bonchev–Trinajstić information content (AvgIpc) is 2.62. The Bertz CT molecular complexity index is 687. The Morgan fingerprint density at radius 2 is 1.76 bits per heavy atom. The van der Waals surface area contributed by atoms with Crippen LogP contribution in [0.4, 0.5) is 4.39 Å². The second-order valence-electron chi connectivity index (χ2n) is 5.88. The lowest BCUT2D eigenvalue weighted by Gasteiger charge is -2.08. The summed E-state index contributed by atoms with van der Waals surface area (Å²) in [6.45, 7) is 4.00. The number of carbonyl (C=O) groups is 1. The number of halogens is 1. The van der Waals surface area contributed by atoms with Gasteiger partial charge in [-0.25, -0.2) is 4.39 Å². The minimum absolute atomic E-state index is 0.0401. The fourth-order valence-electron chi connectivity index (χ4n) is 2.43. The molecule has 5 heteroatoms. The molecule has 0 heterocycles. The van der Waals surface area contributed by atoms with Crippen LogP contribution in [-0.2, 0) is 13.1 Å². The largest absolute Gasteiger partial charge is 0.494 e. The summed E-state index contributed by atoms with van der Waals surface area (Å²) in [5.74, 6) is -0.154. The summed E-state index contributed by atoms with van der Waals surface area (Å²) in [6, 6.07) is 12.4. The molecule has 0 aliphatic heterocycles. The highest BCUT2D eigenvalue weighted by atomic mass is 19.1. The molecule has 0 radical (unpaired) electrons. The minimum atomic E-state index is -0.361. The summed E-state index contributed by atoms with van der Waals surface area (Å²) in [5, 5.41) is 6.16. The Morgan fingerprint density at radius 1 is 1.08 bits per heavy atom. The van der Waals surface area contributed by atoms with E-state index in [1.807, 2.05) is 30.3 Å². The Hall–Kier alpha value is -2.40. The first kappa shape index (κ1) is 18.9. The molecule has 0 aromatic heterocycles. The Morgan fingerprint density at radius 3 is 2.40 bits per heavy atom. The number of unbranched alkanes of at least 4 members (excludes halogenated alkanes) is 1. The van der Waals surface area contributed by atoms with Gasteiger partial charge >= 0.3 is 0 Å². The molecule has 0 saturated heterocycles. The molecule has 2 rings (SSSR count). The quantitative estimate of drug-likeness (QED) is 0.683. The topological polar surface area (TPSA) is 50.4 Å². The SMILES string of the molecule is CCCCNC(=O)c1ccc(CNCc2ccc(OC)c(F)c2)cc1. The lowest BCUT2D eigenvalue weighted by molar-refractivity contribution is 0.0953. The van der Waals surface area contributed by atoms with Crippen LogP contribution in [0, 0.1) is 5.82 Å². The maximum Gasteiger partial charge on any atom is 0.251 e. The van der Waals surface area contributed by atoms with Crippen molar-refractivity contribution in [2.75, 3.05) is 13.7 Å². The van der Waals surface area contributed by atoms with Crippen molar-refractivity contribution < 1.29 is 13.9 Å². The monoisotopic (exact) mass is 344 g/mol. The van der Waals surface area contributed by atoms with Crippen LogP contribution in [0.2, 0.25) is 0 Å². The number of hydrogen-bond donors (Lipinski definition) is 2. The van der Waals surface area contributed by atoms with Crippen LogP contribution in [0.1, 0.15) is 41.3 Å². The summed E-state index contributed by atoms with van der Waals surface area (Å²) in [7, 11) is 1.45. The van der Waals surface area contributed by atoms with Gasteiger partial charge in [0.15, 0.2) is 11.6 Å². The molecule has 0 fully saturated rings. The van der Waals surface area contributed by atoms with Crippen LogP contribution in [0.3, 0.4) is 0 Å². The smallest absolute Gasteiger partial charge is 0.251 e. The maximum absolute atomic E-state index is 13.6. The molecule has 0 bridgehead atoms. The van der Waals surface area contributed by atoms with E-state index < -0.39 is 0 Å². The van der Waals surface area contributed by atoms with Crippen molar-refractivity contribution in [2.24, 2.45) is 0 Å². The highest BCUT2D eigenvalue weighted by molar-refractivity contribution is 5.94. The molecule has 0 atom stereocenters. The van der Waals surface area contributed by atoms with Gasteiger partial charge in [-0.05, 0) is 41.8 Å². The summed E-state index contributed by atoms with van der Waals surface area (Å²) in [4.78, 5) is 11.9. The number of nitrogens with one attached hydrogen (secondary N) is 2. The van der Waals surface area contributed by atoms with Crippen LogP contribution in [0.15, 0.2) is 42.5 Å². The van der Waals surface area contributed by atoms with E-state index >= 15 is 0 Å². The average molecular weight is 344 g/mol. The van der Waals surface area contributed by atoms with Crippen molar-refractivity contribution >= 4 is 5.91 Å². The molecule has 2 aromatic carbocycles. The molecule has 4 nitrogen and oxygen atoms in total. The molecule has 25 heavy (non-hydrogen) atoms.